The Morgan fingerprint density at radius 3 is 2.75 bits per heavy atom. The van der Waals surface area contributed by atoms with Crippen LogP contribution in [0.5, 0.6) is 0 Å². The highest BCUT2D eigenvalue weighted by Gasteiger charge is 2.08. The molecule has 3 N–H and O–H groups in total. The van der Waals surface area contributed by atoms with Crippen LogP contribution in [0.15, 0.2) is 35.5 Å². The van der Waals surface area contributed by atoms with E-state index >= 15 is 0 Å². The van der Waals surface area contributed by atoms with Crippen LogP contribution in [-0.2, 0) is 4.79 Å². The maximum Gasteiger partial charge on any atom is 0.261 e. The Morgan fingerprint density at radius 2 is 2.25 bits per heavy atom. The lowest BCUT2D eigenvalue weighted by Crippen LogP contribution is -2.16. The average Bonchev–Trinajstić information content (AvgIpc) is 2.17. The van der Waals surface area contributed by atoms with Gasteiger partial charge in [0.05, 0.1) is 0 Å². The summed E-state index contributed by atoms with van der Waals surface area (Å²) in [7, 11) is 0. The predicted octanol–water partition coefficient (Wildman–Crippen LogP) is 1.52. The first-order chi connectivity index (χ1) is 7.54. The summed E-state index contributed by atoms with van der Waals surface area (Å²) in [5.41, 5.74) is 5.56. The Balaban J connectivity index is 2.98. The Kier molecular flexibility index (Phi) is 3.62. The molecule has 16 heavy (non-hydrogen) atoms. The number of carbonyl (C=O) groups excluding carboxylic acids is 1. The van der Waals surface area contributed by atoms with E-state index in [1.807, 2.05) is 0 Å². The van der Waals surface area contributed by atoms with E-state index in [-0.39, 0.29) is 5.57 Å². The van der Waals surface area contributed by atoms with Crippen LogP contribution in [0.4, 0.5) is 10.1 Å². The molecule has 0 bridgehead atoms. The fourth-order valence-corrected chi connectivity index (χ4v) is 1.17. The molecule has 5 heteroatoms. The number of nitriles is 1. The molecule has 0 aliphatic heterocycles. The summed E-state index contributed by atoms with van der Waals surface area (Å²) < 4.78 is 12.8. The average molecular weight is 219 g/mol. The topological polar surface area (TPSA) is 78.9 Å². The van der Waals surface area contributed by atoms with Crippen LogP contribution in [0, 0.1) is 17.1 Å². The molecule has 0 unspecified atom stereocenters. The normalized spacial score (nSPS) is 11.3. The molecule has 1 amide bonds. The number of halogens is 1. The summed E-state index contributed by atoms with van der Waals surface area (Å²) in [4.78, 5) is 10.9. The Morgan fingerprint density at radius 1 is 1.56 bits per heavy atom. The Labute approximate surface area is 92.2 Å². The van der Waals surface area contributed by atoms with Crippen LogP contribution >= 0.6 is 0 Å². The lowest BCUT2D eigenvalue weighted by atomic mass is 10.2. The molecular formula is C11H10FN3O. The molecule has 0 saturated heterocycles. The number of benzene rings is 1. The van der Waals surface area contributed by atoms with E-state index in [1.165, 1.54) is 25.1 Å². The molecule has 0 heterocycles. The van der Waals surface area contributed by atoms with E-state index in [9.17, 15) is 9.18 Å². The van der Waals surface area contributed by atoms with E-state index < -0.39 is 11.7 Å². The van der Waals surface area contributed by atoms with Crippen LogP contribution in [0.3, 0.4) is 0 Å². The third-order valence-electron chi connectivity index (χ3n) is 1.89. The summed E-state index contributed by atoms with van der Waals surface area (Å²) in [5.74, 6) is -1.22. The number of anilines is 1. The van der Waals surface area contributed by atoms with Gasteiger partial charge in [-0.1, -0.05) is 6.07 Å². The van der Waals surface area contributed by atoms with Gasteiger partial charge in [0.1, 0.15) is 17.5 Å². The van der Waals surface area contributed by atoms with Crippen molar-refractivity contribution < 1.29 is 9.18 Å². The van der Waals surface area contributed by atoms with Crippen molar-refractivity contribution in [1.29, 1.82) is 5.26 Å². The fraction of sp³-hybridized carbons (Fsp3) is 0.0909. The number of amides is 1. The van der Waals surface area contributed by atoms with Gasteiger partial charge in [0.2, 0.25) is 0 Å². The smallest absolute Gasteiger partial charge is 0.261 e. The molecular weight excluding hydrogens is 209 g/mol. The minimum absolute atomic E-state index is 0.177. The van der Waals surface area contributed by atoms with E-state index in [0.29, 0.717) is 11.4 Å². The van der Waals surface area contributed by atoms with Gasteiger partial charge in [0.15, 0.2) is 0 Å². The van der Waals surface area contributed by atoms with Crippen molar-refractivity contribution >= 4 is 11.6 Å². The maximum absolute atomic E-state index is 12.8. The molecule has 1 rings (SSSR count). The number of nitrogens with one attached hydrogen (secondary N) is 1. The highest BCUT2D eigenvalue weighted by Crippen LogP contribution is 2.13. The first-order valence-corrected chi connectivity index (χ1v) is 4.48. The molecule has 0 atom stereocenters. The zero-order chi connectivity index (χ0) is 12.1. The second-order valence-corrected chi connectivity index (χ2v) is 3.11. The number of nitrogens with zero attached hydrogens (tertiary/aromatic N) is 1. The summed E-state index contributed by atoms with van der Waals surface area (Å²) in [6.07, 6.45) is 0. The highest BCUT2D eigenvalue weighted by molar-refractivity contribution is 5.97. The standard InChI is InChI=1S/C11H10FN3O/c1-7(10(6-13)11(14)16)15-9-4-2-3-8(12)5-9/h2-5,15H,1H3,(H2,14,16)/b10-7-. The van der Waals surface area contributed by atoms with Gasteiger partial charge in [0, 0.05) is 11.4 Å². The zero-order valence-electron chi connectivity index (χ0n) is 8.62. The van der Waals surface area contributed by atoms with Gasteiger partial charge >= 0.3 is 0 Å². The Bertz CT molecular complexity index is 488. The number of rotatable bonds is 3. The summed E-state index contributed by atoms with van der Waals surface area (Å²) >= 11 is 0. The summed E-state index contributed by atoms with van der Waals surface area (Å²) in [6, 6.07) is 7.36. The van der Waals surface area contributed by atoms with Gasteiger partial charge in [0.25, 0.3) is 5.91 Å². The monoisotopic (exact) mass is 219 g/mol. The minimum Gasteiger partial charge on any atom is -0.365 e. The van der Waals surface area contributed by atoms with Crippen LogP contribution in [0.25, 0.3) is 0 Å². The molecule has 82 valence electrons. The first-order valence-electron chi connectivity index (χ1n) is 4.48. The van der Waals surface area contributed by atoms with Crippen molar-refractivity contribution in [1.82, 2.24) is 0 Å². The number of carbonyl (C=O) groups is 1. The van der Waals surface area contributed by atoms with Crippen LogP contribution in [-0.4, -0.2) is 5.91 Å². The van der Waals surface area contributed by atoms with E-state index in [1.54, 1.807) is 12.1 Å². The minimum atomic E-state index is -0.816. The van der Waals surface area contributed by atoms with Crippen molar-refractivity contribution in [2.45, 2.75) is 6.92 Å². The number of hydrogen-bond acceptors (Lipinski definition) is 3. The lowest BCUT2D eigenvalue weighted by molar-refractivity contribution is -0.114. The molecule has 4 nitrogen and oxygen atoms in total. The first kappa shape index (κ1) is 11.7. The third kappa shape index (κ3) is 2.82. The number of primary amides is 1. The number of hydrogen-bond donors (Lipinski definition) is 2. The van der Waals surface area contributed by atoms with Crippen molar-refractivity contribution in [3.8, 4) is 6.07 Å². The SMILES string of the molecule is C/C(Nc1cccc(F)c1)=C(\C#N)C(N)=O. The van der Waals surface area contributed by atoms with Crippen LogP contribution in [0.2, 0.25) is 0 Å². The number of nitrogens with two attached hydrogens (primary N) is 1. The summed E-state index contributed by atoms with van der Waals surface area (Å²) in [6.45, 7) is 1.52. The van der Waals surface area contributed by atoms with Crippen molar-refractivity contribution in [3.63, 3.8) is 0 Å². The van der Waals surface area contributed by atoms with Gasteiger partial charge < -0.3 is 11.1 Å². The molecule has 0 aliphatic rings. The molecule has 0 spiro atoms. The van der Waals surface area contributed by atoms with Crippen LogP contribution < -0.4 is 11.1 Å². The number of allylic oxidation sites excluding steroid dienone is 1. The quantitative estimate of drug-likeness (QED) is 0.597. The fourth-order valence-electron chi connectivity index (χ4n) is 1.17. The van der Waals surface area contributed by atoms with Gasteiger partial charge in [-0.3, -0.25) is 4.79 Å². The molecule has 0 radical (unpaired) electrons. The third-order valence-corrected chi connectivity index (χ3v) is 1.89. The van der Waals surface area contributed by atoms with Crippen molar-refractivity contribution in [2.24, 2.45) is 5.73 Å². The second kappa shape index (κ2) is 4.94. The zero-order valence-corrected chi connectivity index (χ0v) is 8.62. The van der Waals surface area contributed by atoms with Gasteiger partial charge in [-0.25, -0.2) is 4.39 Å². The molecule has 1 aromatic rings. The van der Waals surface area contributed by atoms with E-state index in [2.05, 4.69) is 5.32 Å². The molecule has 0 aliphatic carbocycles. The lowest BCUT2D eigenvalue weighted by Gasteiger charge is -2.07. The van der Waals surface area contributed by atoms with E-state index in [4.69, 9.17) is 11.0 Å². The second-order valence-electron chi connectivity index (χ2n) is 3.11. The van der Waals surface area contributed by atoms with Gasteiger partial charge in [-0.15, -0.1) is 0 Å². The molecule has 1 aromatic carbocycles. The van der Waals surface area contributed by atoms with E-state index in [0.717, 1.165) is 0 Å². The molecule has 0 saturated carbocycles. The molecule has 0 aromatic heterocycles. The van der Waals surface area contributed by atoms with Crippen LogP contribution in [0.1, 0.15) is 6.92 Å². The molecule has 0 fully saturated rings. The van der Waals surface area contributed by atoms with Gasteiger partial charge in [-0.05, 0) is 25.1 Å². The largest absolute Gasteiger partial charge is 0.365 e. The van der Waals surface area contributed by atoms with Gasteiger partial charge in [-0.2, -0.15) is 5.26 Å². The highest BCUT2D eigenvalue weighted by atomic mass is 19.1. The van der Waals surface area contributed by atoms with Crippen molar-refractivity contribution in [3.05, 3.63) is 41.4 Å². The Hall–Kier alpha value is -2.35. The summed E-state index contributed by atoms with van der Waals surface area (Å²) in [5, 5.41) is 11.4. The van der Waals surface area contributed by atoms with Crippen molar-refractivity contribution in [2.75, 3.05) is 5.32 Å². The predicted molar refractivity (Wildman–Crippen MR) is 57.5 cm³/mol. The maximum atomic E-state index is 12.8.